The molecule has 0 fully saturated rings. The molecule has 0 bridgehead atoms. The molecular weight excluding hydrogens is 324 g/mol. The maximum absolute atomic E-state index is 11.7. The number of nitrogens with one attached hydrogen (secondary N) is 2. The first-order valence-corrected chi connectivity index (χ1v) is 8.04. The monoisotopic (exact) mass is 346 g/mol. The van der Waals surface area contributed by atoms with E-state index in [1.165, 1.54) is 6.26 Å². The van der Waals surface area contributed by atoms with Crippen molar-refractivity contribution < 1.29 is 23.5 Å². The molecule has 1 aromatic carbocycles. The molecule has 2 rings (SSSR count). The Balaban J connectivity index is 1.51. The Morgan fingerprint density at radius 1 is 1.04 bits per heavy atom. The average Bonchev–Trinajstić information content (AvgIpc) is 3.17. The first kappa shape index (κ1) is 18.4. The van der Waals surface area contributed by atoms with Crippen LogP contribution in [0.5, 0.6) is 11.5 Å². The van der Waals surface area contributed by atoms with E-state index in [0.29, 0.717) is 32.5 Å². The molecule has 0 aliphatic heterocycles. The Bertz CT molecular complexity index is 653. The second-order valence-electron chi connectivity index (χ2n) is 5.21. The predicted octanol–water partition coefficient (Wildman–Crippen LogP) is 1.99. The number of amides is 2. The van der Waals surface area contributed by atoms with Crippen molar-refractivity contribution in [3.8, 4) is 11.5 Å². The molecule has 0 aliphatic carbocycles. The lowest BCUT2D eigenvalue weighted by Gasteiger charge is -2.08. The molecule has 7 heteroatoms. The minimum absolute atomic E-state index is 0.0782. The van der Waals surface area contributed by atoms with Crippen molar-refractivity contribution in [2.24, 2.45) is 0 Å². The van der Waals surface area contributed by atoms with Gasteiger partial charge in [0.25, 0.3) is 5.91 Å². The second-order valence-corrected chi connectivity index (χ2v) is 5.21. The first-order chi connectivity index (χ1) is 12.2. The Hall–Kier alpha value is -2.96. The molecule has 0 unspecified atom stereocenters. The maximum atomic E-state index is 11.7. The fourth-order valence-electron chi connectivity index (χ4n) is 2.07. The smallest absolute Gasteiger partial charge is 0.286 e. The summed E-state index contributed by atoms with van der Waals surface area (Å²) >= 11 is 0. The van der Waals surface area contributed by atoms with Crippen molar-refractivity contribution in [2.45, 2.75) is 12.8 Å². The number of benzene rings is 1. The molecule has 0 aliphatic rings. The van der Waals surface area contributed by atoms with Gasteiger partial charge in [-0.05, 0) is 42.8 Å². The average molecular weight is 346 g/mol. The van der Waals surface area contributed by atoms with Crippen LogP contribution in [0.3, 0.4) is 0 Å². The Morgan fingerprint density at radius 3 is 2.48 bits per heavy atom. The largest absolute Gasteiger partial charge is 0.497 e. The highest BCUT2D eigenvalue weighted by atomic mass is 16.5. The molecule has 0 saturated heterocycles. The summed E-state index contributed by atoms with van der Waals surface area (Å²) in [6, 6.07) is 10.5. The summed E-state index contributed by atoms with van der Waals surface area (Å²) in [7, 11) is 1.60. The molecule has 25 heavy (non-hydrogen) atoms. The highest BCUT2D eigenvalue weighted by molar-refractivity contribution is 5.91. The minimum atomic E-state index is -0.279. The van der Waals surface area contributed by atoms with Gasteiger partial charge in [0.15, 0.2) is 5.76 Å². The number of hydrogen-bond donors (Lipinski definition) is 2. The molecule has 7 nitrogen and oxygen atoms in total. The van der Waals surface area contributed by atoms with E-state index >= 15 is 0 Å². The zero-order valence-corrected chi connectivity index (χ0v) is 14.1. The van der Waals surface area contributed by atoms with Crippen molar-refractivity contribution in [1.82, 2.24) is 10.6 Å². The molecule has 0 atom stereocenters. The number of methoxy groups -OCH3 is 1. The van der Waals surface area contributed by atoms with Crippen LogP contribution in [0.15, 0.2) is 47.1 Å². The zero-order chi connectivity index (χ0) is 17.9. The predicted molar refractivity (Wildman–Crippen MR) is 91.8 cm³/mol. The molecule has 0 spiro atoms. The number of rotatable bonds is 10. The van der Waals surface area contributed by atoms with Gasteiger partial charge in [-0.3, -0.25) is 9.59 Å². The Labute approximate surface area is 146 Å². The topological polar surface area (TPSA) is 89.8 Å². The Morgan fingerprint density at radius 2 is 1.80 bits per heavy atom. The molecule has 2 N–H and O–H groups in total. The molecule has 2 amide bonds. The summed E-state index contributed by atoms with van der Waals surface area (Å²) < 4.78 is 15.6. The van der Waals surface area contributed by atoms with Gasteiger partial charge < -0.3 is 24.5 Å². The lowest BCUT2D eigenvalue weighted by Crippen LogP contribution is -2.29. The number of hydrogen-bond acceptors (Lipinski definition) is 5. The second kappa shape index (κ2) is 10.0. The van der Waals surface area contributed by atoms with E-state index in [1.54, 1.807) is 19.2 Å². The van der Waals surface area contributed by atoms with Crippen LogP contribution in [0.4, 0.5) is 0 Å². The fraction of sp³-hybridized carbons (Fsp3) is 0.333. The van der Waals surface area contributed by atoms with Crippen LogP contribution in [0.25, 0.3) is 0 Å². The molecule has 1 aromatic heterocycles. The highest BCUT2D eigenvalue weighted by Gasteiger charge is 2.07. The quantitative estimate of drug-likeness (QED) is 0.642. The first-order valence-electron chi connectivity index (χ1n) is 8.04. The summed E-state index contributed by atoms with van der Waals surface area (Å²) in [6.45, 7) is 1.21. The lowest BCUT2D eigenvalue weighted by atomic mass is 10.3. The number of carbonyl (C=O) groups is 2. The Kier molecular flexibility index (Phi) is 7.37. The van der Waals surface area contributed by atoms with Crippen molar-refractivity contribution in [1.29, 1.82) is 0 Å². The van der Waals surface area contributed by atoms with Crippen molar-refractivity contribution in [2.75, 3.05) is 26.8 Å². The third kappa shape index (κ3) is 6.58. The summed E-state index contributed by atoms with van der Waals surface area (Å²) in [5.74, 6) is 1.39. The van der Waals surface area contributed by atoms with E-state index in [2.05, 4.69) is 10.6 Å². The van der Waals surface area contributed by atoms with E-state index in [1.807, 2.05) is 24.3 Å². The number of ether oxygens (including phenoxy) is 2. The number of furan rings is 1. The van der Waals surface area contributed by atoms with Crippen molar-refractivity contribution in [3.63, 3.8) is 0 Å². The van der Waals surface area contributed by atoms with Crippen molar-refractivity contribution >= 4 is 11.8 Å². The highest BCUT2D eigenvalue weighted by Crippen LogP contribution is 2.16. The van der Waals surface area contributed by atoms with Gasteiger partial charge in [0.05, 0.1) is 19.9 Å². The lowest BCUT2D eigenvalue weighted by molar-refractivity contribution is -0.121. The van der Waals surface area contributed by atoms with E-state index < -0.39 is 0 Å². The third-order valence-corrected chi connectivity index (χ3v) is 3.36. The van der Waals surface area contributed by atoms with Gasteiger partial charge in [-0.25, -0.2) is 0 Å². The van der Waals surface area contributed by atoms with Gasteiger partial charge in [0.2, 0.25) is 5.91 Å². The summed E-state index contributed by atoms with van der Waals surface area (Å²) in [5, 5.41) is 5.46. The van der Waals surface area contributed by atoms with Gasteiger partial charge in [-0.2, -0.15) is 0 Å². The molecule has 134 valence electrons. The van der Waals surface area contributed by atoms with Crippen LogP contribution in [0, 0.1) is 0 Å². The SMILES string of the molecule is COc1ccc(OCCNC(=O)CCCNC(=O)c2ccco2)cc1. The van der Waals surface area contributed by atoms with Gasteiger partial charge in [-0.1, -0.05) is 0 Å². The summed E-state index contributed by atoms with van der Waals surface area (Å²) in [4.78, 5) is 23.3. The summed E-state index contributed by atoms with van der Waals surface area (Å²) in [5.41, 5.74) is 0. The van der Waals surface area contributed by atoms with Crippen LogP contribution in [-0.4, -0.2) is 38.6 Å². The summed E-state index contributed by atoms with van der Waals surface area (Å²) in [6.07, 6.45) is 2.33. The number of carbonyl (C=O) groups excluding carboxylic acids is 2. The molecular formula is C18H22N2O5. The molecule has 0 saturated carbocycles. The van der Waals surface area contributed by atoms with Crippen LogP contribution >= 0.6 is 0 Å². The van der Waals surface area contributed by atoms with Crippen LogP contribution in [0.1, 0.15) is 23.4 Å². The zero-order valence-electron chi connectivity index (χ0n) is 14.1. The normalized spacial score (nSPS) is 10.1. The maximum Gasteiger partial charge on any atom is 0.286 e. The van der Waals surface area contributed by atoms with Gasteiger partial charge in [-0.15, -0.1) is 0 Å². The standard InChI is InChI=1S/C18H22N2O5/c1-23-14-6-8-15(9-7-14)24-13-11-19-17(21)5-2-10-20-18(22)16-4-3-12-25-16/h3-4,6-9,12H,2,5,10-11,13H2,1H3,(H,19,21)(H,20,22). The minimum Gasteiger partial charge on any atom is -0.497 e. The van der Waals surface area contributed by atoms with Crippen molar-refractivity contribution in [3.05, 3.63) is 48.4 Å². The van der Waals surface area contributed by atoms with Gasteiger partial charge in [0, 0.05) is 13.0 Å². The van der Waals surface area contributed by atoms with E-state index in [9.17, 15) is 9.59 Å². The van der Waals surface area contributed by atoms with Crippen LogP contribution in [0.2, 0.25) is 0 Å². The van der Waals surface area contributed by atoms with Crippen LogP contribution in [-0.2, 0) is 4.79 Å². The van der Waals surface area contributed by atoms with Gasteiger partial charge >= 0.3 is 0 Å². The van der Waals surface area contributed by atoms with Crippen LogP contribution < -0.4 is 20.1 Å². The van der Waals surface area contributed by atoms with E-state index in [-0.39, 0.29) is 17.6 Å². The molecule has 2 aromatic rings. The molecule has 1 heterocycles. The molecule has 0 radical (unpaired) electrons. The third-order valence-electron chi connectivity index (χ3n) is 3.36. The van der Waals surface area contributed by atoms with E-state index in [4.69, 9.17) is 13.9 Å². The fourth-order valence-corrected chi connectivity index (χ4v) is 2.07. The van der Waals surface area contributed by atoms with E-state index in [0.717, 1.165) is 11.5 Å². The van der Waals surface area contributed by atoms with Gasteiger partial charge in [0.1, 0.15) is 18.1 Å².